The smallest absolute Gasteiger partial charge is 0.0641 e. The van der Waals surface area contributed by atoms with Crippen LogP contribution in [0.2, 0.25) is 10.0 Å². The van der Waals surface area contributed by atoms with Crippen LogP contribution in [0.25, 0.3) is 0 Å². The van der Waals surface area contributed by atoms with Crippen LogP contribution in [-0.4, -0.2) is 18.8 Å². The fraction of sp³-hybridized carbons (Fsp3) is 0.538. The second kappa shape index (κ2) is 5.47. The molecule has 1 N–H and O–H groups in total. The van der Waals surface area contributed by atoms with Crippen LogP contribution in [-0.2, 0) is 4.74 Å². The zero-order chi connectivity index (χ0) is 12.4. The minimum atomic E-state index is 0.306. The lowest BCUT2D eigenvalue weighted by Crippen LogP contribution is -2.32. The van der Waals surface area contributed by atoms with Gasteiger partial charge >= 0.3 is 0 Å². The lowest BCUT2D eigenvalue weighted by atomic mass is 10.0. The van der Waals surface area contributed by atoms with Crippen molar-refractivity contribution >= 4 is 28.9 Å². The lowest BCUT2D eigenvalue weighted by Gasteiger charge is -2.29. The van der Waals surface area contributed by atoms with E-state index in [1.54, 1.807) is 0 Å². The van der Waals surface area contributed by atoms with Gasteiger partial charge in [0.05, 0.1) is 16.8 Å². The van der Waals surface area contributed by atoms with Crippen molar-refractivity contribution in [3.8, 4) is 0 Å². The van der Waals surface area contributed by atoms with E-state index in [0.29, 0.717) is 12.1 Å². The number of hydrogen-bond donors (Lipinski definition) is 1. The molecule has 0 aromatic heterocycles. The number of benzene rings is 1. The molecule has 2 unspecified atom stereocenters. The maximum Gasteiger partial charge on any atom is 0.0641 e. The molecule has 17 heavy (non-hydrogen) atoms. The monoisotopic (exact) mass is 273 g/mol. The minimum absolute atomic E-state index is 0.306. The van der Waals surface area contributed by atoms with E-state index >= 15 is 0 Å². The summed E-state index contributed by atoms with van der Waals surface area (Å²) in [4.78, 5) is 0. The van der Waals surface area contributed by atoms with Gasteiger partial charge in [0.15, 0.2) is 0 Å². The average Bonchev–Trinajstić information content (AvgIpc) is 2.26. The molecule has 4 heteroatoms. The molecule has 0 radical (unpaired) electrons. The second-order valence-electron chi connectivity index (χ2n) is 4.63. The number of rotatable bonds is 2. The molecule has 1 aliphatic heterocycles. The first-order chi connectivity index (χ1) is 8.06. The summed E-state index contributed by atoms with van der Waals surface area (Å²) in [5.41, 5.74) is 1.92. The van der Waals surface area contributed by atoms with Crippen molar-refractivity contribution in [2.75, 3.05) is 11.9 Å². The molecular formula is C13H17Cl2NO. The number of hydrogen-bond acceptors (Lipinski definition) is 2. The number of halogens is 2. The molecular weight excluding hydrogens is 257 g/mol. The summed E-state index contributed by atoms with van der Waals surface area (Å²) in [6.07, 6.45) is 2.31. The Bertz CT molecular complexity index is 409. The largest absolute Gasteiger partial charge is 0.381 e. The summed E-state index contributed by atoms with van der Waals surface area (Å²) < 4.78 is 5.52. The molecule has 1 heterocycles. The highest BCUT2D eigenvalue weighted by Gasteiger charge is 2.20. The van der Waals surface area contributed by atoms with Crippen LogP contribution in [0.5, 0.6) is 0 Å². The maximum atomic E-state index is 6.20. The second-order valence-corrected chi connectivity index (χ2v) is 5.44. The Morgan fingerprint density at radius 2 is 2.06 bits per heavy atom. The van der Waals surface area contributed by atoms with Crippen molar-refractivity contribution in [3.05, 3.63) is 27.7 Å². The van der Waals surface area contributed by atoms with E-state index in [4.69, 9.17) is 27.9 Å². The van der Waals surface area contributed by atoms with Gasteiger partial charge < -0.3 is 10.1 Å². The third-order valence-corrected chi connectivity index (χ3v) is 3.81. The van der Waals surface area contributed by atoms with Gasteiger partial charge in [-0.3, -0.25) is 0 Å². The van der Waals surface area contributed by atoms with Crippen LogP contribution < -0.4 is 5.32 Å². The highest BCUT2D eigenvalue weighted by molar-refractivity contribution is 6.35. The van der Waals surface area contributed by atoms with Gasteiger partial charge in [-0.2, -0.15) is 0 Å². The van der Waals surface area contributed by atoms with Crippen molar-refractivity contribution in [3.63, 3.8) is 0 Å². The zero-order valence-corrected chi connectivity index (χ0v) is 11.6. The molecule has 0 amide bonds. The molecule has 0 aliphatic carbocycles. The average molecular weight is 274 g/mol. The Morgan fingerprint density at radius 3 is 2.76 bits per heavy atom. The van der Waals surface area contributed by atoms with E-state index in [1.807, 2.05) is 19.1 Å². The quantitative estimate of drug-likeness (QED) is 0.869. The van der Waals surface area contributed by atoms with Gasteiger partial charge in [0.1, 0.15) is 0 Å². The van der Waals surface area contributed by atoms with Gasteiger partial charge in [-0.05, 0) is 44.4 Å². The number of nitrogens with one attached hydrogen (secondary N) is 1. The molecule has 1 fully saturated rings. The van der Waals surface area contributed by atoms with Gasteiger partial charge in [-0.1, -0.05) is 23.2 Å². The normalized spacial score (nSPS) is 24.7. The van der Waals surface area contributed by atoms with E-state index in [-0.39, 0.29) is 0 Å². The first-order valence-electron chi connectivity index (χ1n) is 5.90. The van der Waals surface area contributed by atoms with Crippen molar-refractivity contribution in [1.82, 2.24) is 0 Å². The summed E-state index contributed by atoms with van der Waals surface area (Å²) in [6, 6.07) is 4.21. The SMILES string of the molecule is Cc1cc(Cl)c(NC2CCOC(C)C2)cc1Cl. The van der Waals surface area contributed by atoms with Crippen LogP contribution in [0.1, 0.15) is 25.3 Å². The fourth-order valence-electron chi connectivity index (χ4n) is 2.11. The molecule has 94 valence electrons. The van der Waals surface area contributed by atoms with E-state index in [1.165, 1.54) is 0 Å². The molecule has 0 saturated carbocycles. The molecule has 0 bridgehead atoms. The van der Waals surface area contributed by atoms with Gasteiger partial charge in [0.25, 0.3) is 0 Å². The summed E-state index contributed by atoms with van der Waals surface area (Å²) >= 11 is 12.3. The maximum absolute atomic E-state index is 6.20. The van der Waals surface area contributed by atoms with Crippen LogP contribution in [0.3, 0.4) is 0 Å². The third-order valence-electron chi connectivity index (χ3n) is 3.09. The van der Waals surface area contributed by atoms with E-state index in [2.05, 4.69) is 12.2 Å². The molecule has 1 aliphatic rings. The molecule has 1 saturated heterocycles. The molecule has 1 aromatic carbocycles. The van der Waals surface area contributed by atoms with Crippen molar-refractivity contribution in [2.24, 2.45) is 0 Å². The van der Waals surface area contributed by atoms with Crippen molar-refractivity contribution in [1.29, 1.82) is 0 Å². The number of ether oxygens (including phenoxy) is 1. The van der Waals surface area contributed by atoms with Gasteiger partial charge in [-0.25, -0.2) is 0 Å². The zero-order valence-electron chi connectivity index (χ0n) is 10.1. The first kappa shape index (κ1) is 13.0. The summed E-state index contributed by atoms with van der Waals surface area (Å²) in [5, 5.41) is 4.93. The van der Waals surface area contributed by atoms with Crippen LogP contribution in [0.15, 0.2) is 12.1 Å². The summed E-state index contributed by atoms with van der Waals surface area (Å²) in [5.74, 6) is 0. The summed E-state index contributed by atoms with van der Waals surface area (Å²) in [7, 11) is 0. The van der Waals surface area contributed by atoms with Gasteiger partial charge in [-0.15, -0.1) is 0 Å². The highest BCUT2D eigenvalue weighted by Crippen LogP contribution is 2.30. The van der Waals surface area contributed by atoms with Crippen LogP contribution in [0.4, 0.5) is 5.69 Å². The third kappa shape index (κ3) is 3.27. The van der Waals surface area contributed by atoms with Gasteiger partial charge in [0.2, 0.25) is 0 Å². The Labute approximate surface area is 112 Å². The molecule has 0 spiro atoms. The standard InChI is InChI=1S/C13H17Cl2NO/c1-8-5-12(15)13(7-11(8)14)16-10-3-4-17-9(2)6-10/h5,7,9-10,16H,3-4,6H2,1-2H3. The van der Waals surface area contributed by atoms with Gasteiger partial charge in [0, 0.05) is 17.7 Å². The summed E-state index contributed by atoms with van der Waals surface area (Å²) in [6.45, 7) is 4.85. The Morgan fingerprint density at radius 1 is 1.29 bits per heavy atom. The predicted molar refractivity (Wildman–Crippen MR) is 73.3 cm³/mol. The number of anilines is 1. The van der Waals surface area contributed by atoms with Crippen molar-refractivity contribution < 1.29 is 4.74 Å². The molecule has 2 nitrogen and oxygen atoms in total. The Kier molecular flexibility index (Phi) is 4.18. The van der Waals surface area contributed by atoms with Crippen LogP contribution >= 0.6 is 23.2 Å². The van der Waals surface area contributed by atoms with E-state index in [0.717, 1.165) is 40.7 Å². The first-order valence-corrected chi connectivity index (χ1v) is 6.65. The minimum Gasteiger partial charge on any atom is -0.381 e. The Balaban J connectivity index is 2.10. The topological polar surface area (TPSA) is 21.3 Å². The fourth-order valence-corrected chi connectivity index (χ4v) is 2.54. The highest BCUT2D eigenvalue weighted by atomic mass is 35.5. The molecule has 2 rings (SSSR count). The molecule has 1 aromatic rings. The van der Waals surface area contributed by atoms with E-state index in [9.17, 15) is 0 Å². The van der Waals surface area contributed by atoms with E-state index < -0.39 is 0 Å². The van der Waals surface area contributed by atoms with Crippen molar-refractivity contribution in [2.45, 2.75) is 38.8 Å². The predicted octanol–water partition coefficient (Wildman–Crippen LogP) is 4.28. The lowest BCUT2D eigenvalue weighted by molar-refractivity contribution is 0.0232. The molecule has 2 atom stereocenters. The van der Waals surface area contributed by atoms with Crippen LogP contribution in [0, 0.1) is 6.92 Å². The Hall–Kier alpha value is -0.440. The number of aryl methyl sites for hydroxylation is 1.